The van der Waals surface area contributed by atoms with Crippen molar-refractivity contribution in [2.75, 3.05) is 0 Å². The second-order valence-electron chi connectivity index (χ2n) is 2.91. The number of rotatable bonds is 3. The topological polar surface area (TPSA) is 101 Å². The van der Waals surface area contributed by atoms with Crippen molar-refractivity contribution in [3.63, 3.8) is 0 Å². The average molecular weight is 200 g/mol. The van der Waals surface area contributed by atoms with E-state index >= 15 is 0 Å². The van der Waals surface area contributed by atoms with Gasteiger partial charge in [0, 0.05) is 0 Å². The number of ether oxygens (including phenoxy) is 1. The van der Waals surface area contributed by atoms with E-state index in [0.717, 1.165) is 6.08 Å². The molecule has 1 saturated heterocycles. The number of carbonyl (C=O) groups is 3. The Morgan fingerprint density at radius 1 is 1.64 bits per heavy atom. The average Bonchev–Trinajstić information content (AvgIpc) is 2.26. The third kappa shape index (κ3) is 1.39. The highest BCUT2D eigenvalue weighted by atomic mass is 16.6. The van der Waals surface area contributed by atoms with Gasteiger partial charge in [-0.15, -0.1) is 6.58 Å². The first-order chi connectivity index (χ1) is 6.41. The fourth-order valence-corrected chi connectivity index (χ4v) is 1.26. The Kier molecular flexibility index (Phi) is 2.39. The number of esters is 2. The Balaban J connectivity index is 3.04. The first-order valence-electron chi connectivity index (χ1n) is 3.74. The maximum Gasteiger partial charge on any atom is 0.347 e. The Bertz CT molecular complexity index is 320. The van der Waals surface area contributed by atoms with Crippen LogP contribution in [0.15, 0.2) is 12.7 Å². The van der Waals surface area contributed by atoms with Gasteiger partial charge in [0.15, 0.2) is 5.60 Å². The summed E-state index contributed by atoms with van der Waals surface area (Å²) in [5.41, 5.74) is -2.31. The van der Waals surface area contributed by atoms with Crippen molar-refractivity contribution >= 4 is 17.9 Å². The number of aliphatic carboxylic acids is 1. The summed E-state index contributed by atoms with van der Waals surface area (Å²) in [4.78, 5) is 32.3. The van der Waals surface area contributed by atoms with Crippen molar-refractivity contribution in [1.29, 1.82) is 0 Å². The Hall–Kier alpha value is -1.69. The van der Waals surface area contributed by atoms with Crippen molar-refractivity contribution in [2.24, 2.45) is 5.92 Å². The second-order valence-corrected chi connectivity index (χ2v) is 2.91. The van der Waals surface area contributed by atoms with Crippen LogP contribution in [0.3, 0.4) is 0 Å². The molecular formula is C8H8O6. The summed E-state index contributed by atoms with van der Waals surface area (Å²) < 4.78 is 4.07. The number of cyclic esters (lactones) is 2. The van der Waals surface area contributed by atoms with Gasteiger partial charge in [0.1, 0.15) is 5.92 Å². The van der Waals surface area contributed by atoms with E-state index in [4.69, 9.17) is 5.11 Å². The van der Waals surface area contributed by atoms with Crippen molar-refractivity contribution in [3.8, 4) is 0 Å². The lowest BCUT2D eigenvalue weighted by Gasteiger charge is -2.21. The summed E-state index contributed by atoms with van der Waals surface area (Å²) in [6.45, 7) is 3.17. The van der Waals surface area contributed by atoms with E-state index in [1.54, 1.807) is 0 Å². The molecule has 1 rings (SSSR count). The van der Waals surface area contributed by atoms with E-state index in [9.17, 15) is 19.5 Å². The molecule has 0 aliphatic carbocycles. The quantitative estimate of drug-likeness (QED) is 0.347. The number of aliphatic hydroxyl groups is 1. The minimum absolute atomic E-state index is 0.658. The normalized spacial score (nSPS) is 28.4. The summed E-state index contributed by atoms with van der Waals surface area (Å²) in [5, 5.41) is 18.3. The second kappa shape index (κ2) is 3.22. The van der Waals surface area contributed by atoms with Gasteiger partial charge in [0.2, 0.25) is 0 Å². The van der Waals surface area contributed by atoms with E-state index in [2.05, 4.69) is 11.3 Å². The van der Waals surface area contributed by atoms with Crippen LogP contribution in [0.5, 0.6) is 0 Å². The molecule has 0 aromatic rings. The molecule has 76 valence electrons. The molecule has 14 heavy (non-hydrogen) atoms. The first kappa shape index (κ1) is 10.4. The third-order valence-electron chi connectivity index (χ3n) is 1.99. The maximum absolute atomic E-state index is 11.0. The van der Waals surface area contributed by atoms with Gasteiger partial charge in [-0.05, 0) is 0 Å². The van der Waals surface area contributed by atoms with Gasteiger partial charge < -0.3 is 14.9 Å². The smallest absolute Gasteiger partial charge is 0.347 e. The van der Waals surface area contributed by atoms with E-state index < -0.39 is 35.8 Å². The molecule has 6 nitrogen and oxygen atoms in total. The number of carbonyl (C=O) groups excluding carboxylic acids is 2. The molecule has 0 amide bonds. The van der Waals surface area contributed by atoms with Crippen LogP contribution in [0.1, 0.15) is 6.42 Å². The molecule has 1 aliphatic heterocycles. The van der Waals surface area contributed by atoms with Gasteiger partial charge in [-0.25, -0.2) is 4.79 Å². The molecule has 1 aliphatic rings. The number of carboxylic acids is 1. The lowest BCUT2D eigenvalue weighted by atomic mass is 9.86. The molecule has 2 N–H and O–H groups in total. The van der Waals surface area contributed by atoms with Crippen molar-refractivity contribution in [1.82, 2.24) is 0 Å². The highest BCUT2D eigenvalue weighted by Gasteiger charge is 2.55. The molecule has 6 heteroatoms. The molecule has 2 atom stereocenters. The molecule has 2 unspecified atom stereocenters. The number of hydrogen-bond acceptors (Lipinski definition) is 5. The van der Waals surface area contributed by atoms with Crippen LogP contribution < -0.4 is 0 Å². The Labute approximate surface area is 78.8 Å². The molecule has 1 heterocycles. The van der Waals surface area contributed by atoms with E-state index in [1.807, 2.05) is 0 Å². The monoisotopic (exact) mass is 200 g/mol. The predicted molar refractivity (Wildman–Crippen MR) is 42.0 cm³/mol. The fourth-order valence-electron chi connectivity index (χ4n) is 1.26. The largest absolute Gasteiger partial charge is 0.481 e. The zero-order chi connectivity index (χ0) is 10.9. The number of hydrogen-bond donors (Lipinski definition) is 2. The van der Waals surface area contributed by atoms with Crippen molar-refractivity contribution < 1.29 is 29.3 Å². The SMILES string of the molecule is C=CC(C(=O)O)C1(O)CC(=O)OC1=O. The van der Waals surface area contributed by atoms with Crippen LogP contribution in [0.2, 0.25) is 0 Å². The van der Waals surface area contributed by atoms with Gasteiger partial charge in [-0.1, -0.05) is 6.08 Å². The molecule has 0 saturated carbocycles. The minimum Gasteiger partial charge on any atom is -0.481 e. The molecular weight excluding hydrogens is 192 g/mol. The zero-order valence-electron chi connectivity index (χ0n) is 7.10. The lowest BCUT2D eigenvalue weighted by molar-refractivity contribution is -0.166. The minimum atomic E-state index is -2.31. The summed E-state index contributed by atoms with van der Waals surface area (Å²) in [7, 11) is 0. The van der Waals surface area contributed by atoms with Crippen LogP contribution >= 0.6 is 0 Å². The van der Waals surface area contributed by atoms with Crippen LogP contribution in [-0.4, -0.2) is 33.7 Å². The summed E-state index contributed by atoms with van der Waals surface area (Å²) in [6, 6.07) is 0. The van der Waals surface area contributed by atoms with Crippen LogP contribution in [0.4, 0.5) is 0 Å². The van der Waals surface area contributed by atoms with Gasteiger partial charge in [0.05, 0.1) is 6.42 Å². The molecule has 1 fully saturated rings. The van der Waals surface area contributed by atoms with Crippen LogP contribution in [0, 0.1) is 5.92 Å². The molecule has 0 bridgehead atoms. The Morgan fingerprint density at radius 2 is 2.21 bits per heavy atom. The van der Waals surface area contributed by atoms with Crippen LogP contribution in [-0.2, 0) is 19.1 Å². The van der Waals surface area contributed by atoms with Gasteiger partial charge in [0.25, 0.3) is 0 Å². The third-order valence-corrected chi connectivity index (χ3v) is 1.99. The highest BCUT2D eigenvalue weighted by molar-refractivity contribution is 6.02. The molecule has 0 radical (unpaired) electrons. The molecule has 0 aromatic carbocycles. The van der Waals surface area contributed by atoms with E-state index in [-0.39, 0.29) is 0 Å². The van der Waals surface area contributed by atoms with E-state index in [0.29, 0.717) is 0 Å². The van der Waals surface area contributed by atoms with E-state index in [1.165, 1.54) is 0 Å². The van der Waals surface area contributed by atoms with Gasteiger partial charge in [-0.2, -0.15) is 0 Å². The maximum atomic E-state index is 11.0. The molecule has 0 aromatic heterocycles. The zero-order valence-corrected chi connectivity index (χ0v) is 7.10. The first-order valence-corrected chi connectivity index (χ1v) is 3.74. The Morgan fingerprint density at radius 3 is 2.50 bits per heavy atom. The van der Waals surface area contributed by atoms with Gasteiger partial charge in [-0.3, -0.25) is 9.59 Å². The highest BCUT2D eigenvalue weighted by Crippen LogP contribution is 2.30. The van der Waals surface area contributed by atoms with Gasteiger partial charge >= 0.3 is 17.9 Å². The number of carboxylic acid groups (broad SMARTS) is 1. The fraction of sp³-hybridized carbons (Fsp3) is 0.375. The summed E-state index contributed by atoms with van der Waals surface area (Å²) in [6.07, 6.45) is 0.233. The summed E-state index contributed by atoms with van der Waals surface area (Å²) >= 11 is 0. The van der Waals surface area contributed by atoms with Crippen molar-refractivity contribution in [2.45, 2.75) is 12.0 Å². The van der Waals surface area contributed by atoms with Crippen molar-refractivity contribution in [3.05, 3.63) is 12.7 Å². The summed E-state index contributed by atoms with van der Waals surface area (Å²) in [5.74, 6) is -5.16. The lowest BCUT2D eigenvalue weighted by Crippen LogP contribution is -2.45. The van der Waals surface area contributed by atoms with Crippen LogP contribution in [0.25, 0.3) is 0 Å². The standard InChI is InChI=1S/C8H8O6/c1-2-4(6(10)11)8(13)3-5(9)14-7(8)12/h2,4,13H,1,3H2,(H,10,11). The predicted octanol–water partition coefficient (Wildman–Crippen LogP) is -0.922. The molecule has 0 spiro atoms.